The van der Waals surface area contributed by atoms with Crippen molar-refractivity contribution in [2.24, 2.45) is 0 Å². The number of fused-ring (bicyclic) bond motifs is 1. The van der Waals surface area contributed by atoms with Gasteiger partial charge in [0, 0.05) is 5.39 Å². The van der Waals surface area contributed by atoms with Crippen LogP contribution in [0.2, 0.25) is 0 Å². The van der Waals surface area contributed by atoms with Crippen LogP contribution < -0.4 is 0 Å². The van der Waals surface area contributed by atoms with Crippen molar-refractivity contribution in [3.63, 3.8) is 0 Å². The zero-order valence-electron chi connectivity index (χ0n) is 9.02. The Morgan fingerprint density at radius 2 is 1.79 bits per heavy atom. The molecular formula is C12H15FO. The summed E-state index contributed by atoms with van der Waals surface area (Å²) in [6, 6.07) is 4.97. The highest BCUT2D eigenvalue weighted by Gasteiger charge is 2.09. The number of benzene rings is 1. The number of rotatable bonds is 0. The summed E-state index contributed by atoms with van der Waals surface area (Å²) >= 11 is 0. The number of hydrogen-bond donors (Lipinski definition) is 0. The van der Waals surface area contributed by atoms with Gasteiger partial charge in [-0.05, 0) is 25.5 Å². The van der Waals surface area contributed by atoms with E-state index >= 15 is 0 Å². The third kappa shape index (κ3) is 1.65. The summed E-state index contributed by atoms with van der Waals surface area (Å²) in [5.74, 6) is 0.499. The molecule has 1 heterocycles. The van der Waals surface area contributed by atoms with Gasteiger partial charge in [-0.15, -0.1) is 0 Å². The first-order valence-corrected chi connectivity index (χ1v) is 4.84. The Balaban J connectivity index is 0.000000461. The number of para-hydroxylation sites is 1. The molecule has 0 atom stereocenters. The maximum Gasteiger partial charge on any atom is 0.170 e. The molecule has 0 aliphatic rings. The van der Waals surface area contributed by atoms with E-state index in [4.69, 9.17) is 4.42 Å². The topological polar surface area (TPSA) is 13.1 Å². The van der Waals surface area contributed by atoms with Crippen LogP contribution in [0, 0.1) is 19.7 Å². The Morgan fingerprint density at radius 3 is 2.36 bits per heavy atom. The van der Waals surface area contributed by atoms with Crippen LogP contribution in [0.1, 0.15) is 25.2 Å². The van der Waals surface area contributed by atoms with Crippen LogP contribution in [0.25, 0.3) is 11.0 Å². The molecule has 1 aromatic carbocycles. The van der Waals surface area contributed by atoms with E-state index in [2.05, 4.69) is 0 Å². The molecule has 2 aromatic rings. The van der Waals surface area contributed by atoms with Crippen LogP contribution in [-0.2, 0) is 0 Å². The van der Waals surface area contributed by atoms with Gasteiger partial charge in [0.2, 0.25) is 0 Å². The summed E-state index contributed by atoms with van der Waals surface area (Å²) in [6.45, 7) is 7.77. The molecule has 0 saturated heterocycles. The largest absolute Gasteiger partial charge is 0.458 e. The average molecular weight is 194 g/mol. The lowest BCUT2D eigenvalue weighted by molar-refractivity contribution is 0.536. The normalized spacial score (nSPS) is 9.79. The summed E-state index contributed by atoms with van der Waals surface area (Å²) in [5, 5.41) is 0.868. The van der Waals surface area contributed by atoms with E-state index in [1.54, 1.807) is 6.07 Å². The Hall–Kier alpha value is -1.31. The molecule has 0 bridgehead atoms. The van der Waals surface area contributed by atoms with Crippen molar-refractivity contribution < 1.29 is 8.81 Å². The van der Waals surface area contributed by atoms with E-state index in [0.29, 0.717) is 5.58 Å². The second-order valence-corrected chi connectivity index (χ2v) is 2.90. The van der Waals surface area contributed by atoms with Gasteiger partial charge in [0.05, 0.1) is 0 Å². The van der Waals surface area contributed by atoms with Crippen LogP contribution in [0.4, 0.5) is 4.39 Å². The highest BCUT2D eigenvalue weighted by Crippen LogP contribution is 2.26. The van der Waals surface area contributed by atoms with Crippen molar-refractivity contribution in [3.8, 4) is 0 Å². The molecule has 0 aliphatic carbocycles. The molecule has 0 amide bonds. The third-order valence-corrected chi connectivity index (χ3v) is 2.15. The van der Waals surface area contributed by atoms with Crippen molar-refractivity contribution in [2.75, 3.05) is 0 Å². The maximum atomic E-state index is 13.1. The molecule has 2 heteroatoms. The molecule has 0 unspecified atom stereocenters. The molecule has 0 fully saturated rings. The first kappa shape index (κ1) is 10.8. The van der Waals surface area contributed by atoms with Gasteiger partial charge in [-0.2, -0.15) is 0 Å². The minimum atomic E-state index is -0.288. The minimum Gasteiger partial charge on any atom is -0.458 e. The Bertz CT molecular complexity index is 429. The predicted molar refractivity (Wildman–Crippen MR) is 57.0 cm³/mol. The lowest BCUT2D eigenvalue weighted by Gasteiger charge is -1.88. The summed E-state index contributed by atoms with van der Waals surface area (Å²) in [7, 11) is 0. The van der Waals surface area contributed by atoms with Crippen molar-refractivity contribution in [1.29, 1.82) is 0 Å². The van der Waals surface area contributed by atoms with Crippen LogP contribution in [0.5, 0.6) is 0 Å². The van der Waals surface area contributed by atoms with E-state index in [1.807, 2.05) is 33.8 Å². The first-order chi connectivity index (χ1) is 6.70. The average Bonchev–Trinajstić information content (AvgIpc) is 2.50. The lowest BCUT2D eigenvalue weighted by Crippen LogP contribution is -1.73. The molecule has 2 rings (SSSR count). The van der Waals surface area contributed by atoms with Crippen LogP contribution in [0.15, 0.2) is 22.6 Å². The Morgan fingerprint density at radius 1 is 1.14 bits per heavy atom. The van der Waals surface area contributed by atoms with Crippen molar-refractivity contribution in [3.05, 3.63) is 35.3 Å². The third-order valence-electron chi connectivity index (χ3n) is 2.15. The number of hydrogen-bond acceptors (Lipinski definition) is 1. The molecule has 0 radical (unpaired) electrons. The molecule has 76 valence electrons. The van der Waals surface area contributed by atoms with E-state index < -0.39 is 0 Å². The smallest absolute Gasteiger partial charge is 0.170 e. The summed E-state index contributed by atoms with van der Waals surface area (Å²) in [5.41, 5.74) is 1.39. The quantitative estimate of drug-likeness (QED) is 0.612. The van der Waals surface area contributed by atoms with Crippen molar-refractivity contribution in [1.82, 2.24) is 0 Å². The van der Waals surface area contributed by atoms with E-state index in [-0.39, 0.29) is 5.82 Å². The SMILES string of the molecule is CC.Cc1oc2c(F)cccc2c1C. The molecular weight excluding hydrogens is 179 g/mol. The predicted octanol–water partition coefficient (Wildman–Crippen LogP) is 4.21. The standard InChI is InChI=1S/C10H9FO.C2H6/c1-6-7(2)12-10-8(6)4-3-5-9(10)11;1-2/h3-5H,1-2H3;1-2H3. The Labute approximate surface area is 83.5 Å². The van der Waals surface area contributed by atoms with Gasteiger partial charge < -0.3 is 4.42 Å². The van der Waals surface area contributed by atoms with Gasteiger partial charge in [0.15, 0.2) is 11.4 Å². The zero-order valence-corrected chi connectivity index (χ0v) is 9.02. The molecule has 0 aliphatic heterocycles. The van der Waals surface area contributed by atoms with Crippen molar-refractivity contribution >= 4 is 11.0 Å². The molecule has 0 spiro atoms. The van der Waals surface area contributed by atoms with Crippen LogP contribution in [-0.4, -0.2) is 0 Å². The van der Waals surface area contributed by atoms with Crippen molar-refractivity contribution in [2.45, 2.75) is 27.7 Å². The first-order valence-electron chi connectivity index (χ1n) is 4.84. The number of halogens is 1. The molecule has 0 saturated carbocycles. The number of furan rings is 1. The van der Waals surface area contributed by atoms with Crippen LogP contribution in [0.3, 0.4) is 0 Å². The van der Waals surface area contributed by atoms with Gasteiger partial charge in [0.25, 0.3) is 0 Å². The summed E-state index contributed by atoms with van der Waals surface area (Å²) in [6.07, 6.45) is 0. The van der Waals surface area contributed by atoms with E-state index in [9.17, 15) is 4.39 Å². The second kappa shape index (κ2) is 4.27. The lowest BCUT2D eigenvalue weighted by atomic mass is 10.1. The molecule has 0 N–H and O–H groups in total. The summed E-state index contributed by atoms with van der Waals surface area (Å²) in [4.78, 5) is 0. The van der Waals surface area contributed by atoms with Gasteiger partial charge in [-0.25, -0.2) is 4.39 Å². The van der Waals surface area contributed by atoms with Gasteiger partial charge >= 0.3 is 0 Å². The van der Waals surface area contributed by atoms with Gasteiger partial charge in [-0.3, -0.25) is 0 Å². The summed E-state index contributed by atoms with van der Waals surface area (Å²) < 4.78 is 18.3. The van der Waals surface area contributed by atoms with Crippen LogP contribution >= 0.6 is 0 Å². The second-order valence-electron chi connectivity index (χ2n) is 2.90. The zero-order chi connectivity index (χ0) is 10.7. The monoisotopic (exact) mass is 194 g/mol. The highest BCUT2D eigenvalue weighted by atomic mass is 19.1. The fraction of sp³-hybridized carbons (Fsp3) is 0.333. The van der Waals surface area contributed by atoms with E-state index in [1.165, 1.54) is 6.07 Å². The molecule has 14 heavy (non-hydrogen) atoms. The maximum absolute atomic E-state index is 13.1. The minimum absolute atomic E-state index is 0.288. The highest BCUT2D eigenvalue weighted by molar-refractivity contribution is 5.82. The van der Waals surface area contributed by atoms with E-state index in [0.717, 1.165) is 16.7 Å². The molecule has 1 nitrogen and oxygen atoms in total. The fourth-order valence-corrected chi connectivity index (χ4v) is 1.33. The number of aryl methyl sites for hydroxylation is 2. The fourth-order valence-electron chi connectivity index (χ4n) is 1.33. The molecule has 1 aromatic heterocycles. The Kier molecular flexibility index (Phi) is 3.28. The van der Waals surface area contributed by atoms with Gasteiger partial charge in [0.1, 0.15) is 5.76 Å². The van der Waals surface area contributed by atoms with Gasteiger partial charge in [-0.1, -0.05) is 26.0 Å².